The van der Waals surface area contributed by atoms with Crippen molar-refractivity contribution in [2.45, 2.75) is 64.0 Å². The average Bonchev–Trinajstić information content (AvgIpc) is 2.95. The van der Waals surface area contributed by atoms with Gasteiger partial charge in [0.2, 0.25) is 0 Å². The molecule has 1 aromatic rings. The van der Waals surface area contributed by atoms with E-state index in [0.29, 0.717) is 29.7 Å². The zero-order valence-corrected chi connectivity index (χ0v) is 18.0. The van der Waals surface area contributed by atoms with Crippen molar-refractivity contribution in [1.82, 2.24) is 10.2 Å². The van der Waals surface area contributed by atoms with E-state index in [9.17, 15) is 4.79 Å². The molecule has 1 aromatic carbocycles. The molecule has 0 radical (unpaired) electrons. The smallest absolute Gasteiger partial charge is 0.251 e. The molecule has 1 heterocycles. The minimum Gasteiger partial charge on any atom is -0.493 e. The van der Waals surface area contributed by atoms with Crippen molar-refractivity contribution < 1.29 is 14.3 Å². The molecule has 1 unspecified atom stereocenters. The van der Waals surface area contributed by atoms with Crippen molar-refractivity contribution in [1.29, 1.82) is 0 Å². The van der Waals surface area contributed by atoms with Crippen LogP contribution in [0.3, 0.4) is 0 Å². The fourth-order valence-corrected chi connectivity index (χ4v) is 4.82. The van der Waals surface area contributed by atoms with Gasteiger partial charge in [-0.3, -0.25) is 9.69 Å². The van der Waals surface area contributed by atoms with Crippen molar-refractivity contribution in [3.63, 3.8) is 0 Å². The van der Waals surface area contributed by atoms with Gasteiger partial charge in [0, 0.05) is 30.7 Å². The molecule has 1 N–H and O–H groups in total. The third-order valence-electron chi connectivity index (χ3n) is 5.68. The maximum atomic E-state index is 12.8. The molecular formula is C21H31BrN2O3. The molecule has 0 spiro atoms. The lowest BCUT2D eigenvalue weighted by atomic mass is 10.1. The molecule has 1 atom stereocenters. The Kier molecular flexibility index (Phi) is 7.41. The van der Waals surface area contributed by atoms with Crippen molar-refractivity contribution in [2.75, 3.05) is 26.8 Å². The highest BCUT2D eigenvalue weighted by Crippen LogP contribution is 2.36. The minimum absolute atomic E-state index is 0.0511. The molecule has 6 heteroatoms. The van der Waals surface area contributed by atoms with Crippen molar-refractivity contribution >= 4 is 21.8 Å². The van der Waals surface area contributed by atoms with Crippen LogP contribution < -0.4 is 14.8 Å². The van der Waals surface area contributed by atoms with Crippen LogP contribution in [0.4, 0.5) is 0 Å². The quantitative estimate of drug-likeness (QED) is 0.669. The van der Waals surface area contributed by atoms with Gasteiger partial charge in [0.1, 0.15) is 0 Å². The van der Waals surface area contributed by atoms with Crippen LogP contribution in [0, 0.1) is 0 Å². The standard InChI is InChI=1S/C21H31BrN2O3/c1-3-27-20-18(22)12-15(13-19(20)26-2)21(25)23-16-10-11-24(14-16)17-8-6-4-5-7-9-17/h12-13,16-17H,3-11,14H2,1-2H3,(H,23,25). The van der Waals surface area contributed by atoms with Gasteiger partial charge in [0.25, 0.3) is 5.91 Å². The Morgan fingerprint density at radius 1 is 1.22 bits per heavy atom. The number of carbonyl (C=O) groups is 1. The molecule has 1 saturated carbocycles. The lowest BCUT2D eigenvalue weighted by molar-refractivity contribution is 0.0935. The normalized spacial score (nSPS) is 21.7. The summed E-state index contributed by atoms with van der Waals surface area (Å²) in [5, 5.41) is 3.21. The summed E-state index contributed by atoms with van der Waals surface area (Å²) in [6.07, 6.45) is 9.08. The van der Waals surface area contributed by atoms with E-state index in [-0.39, 0.29) is 11.9 Å². The third kappa shape index (κ3) is 5.17. The van der Waals surface area contributed by atoms with E-state index < -0.39 is 0 Å². The second-order valence-corrected chi connectivity index (χ2v) is 8.38. The summed E-state index contributed by atoms with van der Waals surface area (Å²) < 4.78 is 11.7. The molecule has 0 bridgehead atoms. The molecule has 1 aliphatic heterocycles. The van der Waals surface area contributed by atoms with Crippen molar-refractivity contribution in [3.8, 4) is 11.5 Å². The van der Waals surface area contributed by atoms with Gasteiger partial charge in [-0.05, 0) is 54.2 Å². The number of hydrogen-bond acceptors (Lipinski definition) is 4. The monoisotopic (exact) mass is 438 g/mol. The molecule has 2 fully saturated rings. The van der Waals surface area contributed by atoms with E-state index >= 15 is 0 Å². The number of carbonyl (C=O) groups excluding carboxylic acids is 1. The van der Waals surface area contributed by atoms with Gasteiger partial charge in [-0.2, -0.15) is 0 Å². The number of rotatable bonds is 6. The van der Waals surface area contributed by atoms with E-state index in [0.717, 1.165) is 24.0 Å². The summed E-state index contributed by atoms with van der Waals surface area (Å²) in [6.45, 7) is 4.52. The molecule has 3 rings (SSSR count). The number of methoxy groups -OCH3 is 1. The van der Waals surface area contributed by atoms with Crippen LogP contribution in [0.15, 0.2) is 16.6 Å². The summed E-state index contributed by atoms with van der Waals surface area (Å²) in [4.78, 5) is 15.4. The van der Waals surface area contributed by atoms with Gasteiger partial charge >= 0.3 is 0 Å². The van der Waals surface area contributed by atoms with E-state index in [1.54, 1.807) is 19.2 Å². The van der Waals surface area contributed by atoms with E-state index in [2.05, 4.69) is 26.1 Å². The third-order valence-corrected chi connectivity index (χ3v) is 6.27. The number of likely N-dealkylation sites (tertiary alicyclic amines) is 1. The van der Waals surface area contributed by atoms with Gasteiger partial charge < -0.3 is 14.8 Å². The second kappa shape index (κ2) is 9.78. The molecule has 27 heavy (non-hydrogen) atoms. The summed E-state index contributed by atoms with van der Waals surface area (Å²) >= 11 is 3.50. The number of hydrogen-bond donors (Lipinski definition) is 1. The lowest BCUT2D eigenvalue weighted by Gasteiger charge is -2.26. The Labute approximate surface area is 170 Å². The number of ether oxygens (including phenoxy) is 2. The Morgan fingerprint density at radius 2 is 1.96 bits per heavy atom. The van der Waals surface area contributed by atoms with Crippen LogP contribution in [0.1, 0.15) is 62.2 Å². The summed E-state index contributed by atoms with van der Waals surface area (Å²) in [5.74, 6) is 1.16. The Hall–Kier alpha value is -1.27. The van der Waals surface area contributed by atoms with E-state index in [1.807, 2.05) is 6.92 Å². The van der Waals surface area contributed by atoms with Crippen molar-refractivity contribution in [2.24, 2.45) is 0 Å². The molecule has 2 aliphatic rings. The zero-order chi connectivity index (χ0) is 19.2. The minimum atomic E-state index is -0.0511. The first-order chi connectivity index (χ1) is 13.1. The number of nitrogens with zero attached hydrogens (tertiary/aromatic N) is 1. The first kappa shape index (κ1) is 20.5. The number of nitrogens with one attached hydrogen (secondary N) is 1. The summed E-state index contributed by atoms with van der Waals surface area (Å²) in [5.41, 5.74) is 0.593. The molecule has 1 aliphatic carbocycles. The molecule has 1 amide bonds. The molecule has 0 aromatic heterocycles. The fraction of sp³-hybridized carbons (Fsp3) is 0.667. The number of benzene rings is 1. The molecular weight excluding hydrogens is 408 g/mol. The lowest BCUT2D eigenvalue weighted by Crippen LogP contribution is -2.39. The molecule has 1 saturated heterocycles. The number of amides is 1. The maximum absolute atomic E-state index is 12.8. The highest BCUT2D eigenvalue weighted by atomic mass is 79.9. The van der Waals surface area contributed by atoms with E-state index in [1.165, 1.54) is 38.5 Å². The largest absolute Gasteiger partial charge is 0.493 e. The van der Waals surface area contributed by atoms with Gasteiger partial charge in [0.05, 0.1) is 18.2 Å². The van der Waals surface area contributed by atoms with Crippen LogP contribution in [0.5, 0.6) is 11.5 Å². The zero-order valence-electron chi connectivity index (χ0n) is 16.4. The van der Waals surface area contributed by atoms with Gasteiger partial charge in [-0.15, -0.1) is 0 Å². The van der Waals surface area contributed by atoms with Crippen molar-refractivity contribution in [3.05, 3.63) is 22.2 Å². The Balaban J connectivity index is 1.61. The first-order valence-corrected chi connectivity index (χ1v) is 11.0. The van der Waals surface area contributed by atoms with E-state index in [4.69, 9.17) is 9.47 Å². The summed E-state index contributed by atoms with van der Waals surface area (Å²) in [6, 6.07) is 4.48. The summed E-state index contributed by atoms with van der Waals surface area (Å²) in [7, 11) is 1.59. The second-order valence-electron chi connectivity index (χ2n) is 7.52. The van der Waals surface area contributed by atoms with Crippen LogP contribution in [0.2, 0.25) is 0 Å². The number of halogens is 1. The van der Waals surface area contributed by atoms with Gasteiger partial charge in [-0.25, -0.2) is 0 Å². The fourth-order valence-electron chi connectivity index (χ4n) is 4.26. The van der Waals surface area contributed by atoms with Crippen LogP contribution in [-0.2, 0) is 0 Å². The molecule has 5 nitrogen and oxygen atoms in total. The Bertz CT molecular complexity index is 645. The topological polar surface area (TPSA) is 50.8 Å². The molecule has 150 valence electrons. The average molecular weight is 439 g/mol. The Morgan fingerprint density at radius 3 is 2.63 bits per heavy atom. The first-order valence-electron chi connectivity index (χ1n) is 10.2. The van der Waals surface area contributed by atoms with Crippen LogP contribution in [0.25, 0.3) is 0 Å². The van der Waals surface area contributed by atoms with Crippen LogP contribution >= 0.6 is 15.9 Å². The predicted octanol–water partition coefficient (Wildman–Crippen LogP) is 4.38. The van der Waals surface area contributed by atoms with Gasteiger partial charge in [-0.1, -0.05) is 25.7 Å². The highest BCUT2D eigenvalue weighted by molar-refractivity contribution is 9.10. The highest BCUT2D eigenvalue weighted by Gasteiger charge is 2.29. The SMILES string of the molecule is CCOc1c(Br)cc(C(=O)NC2CCN(C3CCCCCC3)C2)cc1OC. The maximum Gasteiger partial charge on any atom is 0.251 e. The van der Waals surface area contributed by atoms with Crippen LogP contribution in [-0.4, -0.2) is 49.7 Å². The predicted molar refractivity (Wildman–Crippen MR) is 111 cm³/mol. The van der Waals surface area contributed by atoms with Gasteiger partial charge in [0.15, 0.2) is 11.5 Å².